The summed E-state index contributed by atoms with van der Waals surface area (Å²) in [5.41, 5.74) is 0.790. The Morgan fingerprint density at radius 3 is 1.64 bits per heavy atom. The Kier molecular flexibility index (Phi) is 8.63. The molecule has 0 unspecified atom stereocenters. The van der Waals surface area contributed by atoms with Crippen LogP contribution in [0.5, 0.6) is 0 Å². The van der Waals surface area contributed by atoms with Gasteiger partial charge in [-0.15, -0.1) is 0 Å². The zero-order chi connectivity index (χ0) is 19.9. The van der Waals surface area contributed by atoms with Gasteiger partial charge in [0.05, 0.1) is 0 Å². The topological polar surface area (TPSA) is 0 Å². The van der Waals surface area contributed by atoms with Crippen LogP contribution in [0.25, 0.3) is 0 Å². The number of unbranched alkanes of at least 4 members (excludes halogenated alkanes) is 1. The fourth-order valence-corrected chi connectivity index (χ4v) is 5.70. The van der Waals surface area contributed by atoms with Gasteiger partial charge >= 0.3 is 0 Å². The van der Waals surface area contributed by atoms with Crippen molar-refractivity contribution < 1.29 is 8.78 Å². The third-order valence-corrected chi connectivity index (χ3v) is 7.84. The molecule has 0 saturated heterocycles. The molecule has 0 nitrogen and oxygen atoms in total. The Morgan fingerprint density at radius 2 is 1.18 bits per heavy atom. The van der Waals surface area contributed by atoms with Crippen LogP contribution in [0.1, 0.15) is 108 Å². The predicted molar refractivity (Wildman–Crippen MR) is 115 cm³/mol. The van der Waals surface area contributed by atoms with Crippen LogP contribution >= 0.6 is 11.6 Å². The van der Waals surface area contributed by atoms with E-state index in [1.807, 2.05) is 0 Å². The second kappa shape index (κ2) is 11.0. The molecule has 0 aliphatic heterocycles. The zero-order valence-corrected chi connectivity index (χ0v) is 18.3. The molecule has 1 aromatic rings. The van der Waals surface area contributed by atoms with Crippen molar-refractivity contribution in [3.8, 4) is 0 Å². The first-order valence-electron chi connectivity index (χ1n) is 11.7. The average molecular weight is 411 g/mol. The van der Waals surface area contributed by atoms with E-state index in [9.17, 15) is 8.78 Å². The van der Waals surface area contributed by atoms with Gasteiger partial charge in [0.25, 0.3) is 0 Å². The molecule has 0 radical (unpaired) electrons. The summed E-state index contributed by atoms with van der Waals surface area (Å²) in [6.45, 7) is 2.30. The minimum Gasteiger partial charge on any atom is -0.205 e. The summed E-state index contributed by atoms with van der Waals surface area (Å²) in [5.74, 6) is 1.82. The first-order chi connectivity index (χ1) is 13.6. The minimum atomic E-state index is -0.622. The van der Waals surface area contributed by atoms with Crippen molar-refractivity contribution >= 4 is 11.6 Å². The summed E-state index contributed by atoms with van der Waals surface area (Å²) in [7, 11) is 0. The van der Waals surface area contributed by atoms with E-state index in [1.165, 1.54) is 89.2 Å². The lowest BCUT2D eigenvalue weighted by Gasteiger charge is -2.31. The Bertz CT molecular complexity index is 576. The van der Waals surface area contributed by atoms with Gasteiger partial charge in [0.1, 0.15) is 16.7 Å². The quantitative estimate of drug-likeness (QED) is 0.375. The lowest BCUT2D eigenvalue weighted by Crippen LogP contribution is -2.16. The molecule has 1 aromatic carbocycles. The third-order valence-electron chi connectivity index (χ3n) is 7.48. The van der Waals surface area contributed by atoms with Crippen molar-refractivity contribution in [3.05, 3.63) is 34.4 Å². The van der Waals surface area contributed by atoms with E-state index >= 15 is 0 Å². The first kappa shape index (κ1) is 22.1. The summed E-state index contributed by atoms with van der Waals surface area (Å²) in [6.07, 6.45) is 18.6. The largest absolute Gasteiger partial charge is 0.205 e. The number of hydrogen-bond donors (Lipinski definition) is 0. The van der Waals surface area contributed by atoms with Crippen molar-refractivity contribution in [3.63, 3.8) is 0 Å². The Labute approximate surface area is 175 Å². The highest BCUT2D eigenvalue weighted by Gasteiger charge is 2.25. The molecule has 0 N–H and O–H groups in total. The highest BCUT2D eigenvalue weighted by molar-refractivity contribution is 6.30. The standard InChI is InChI=1S/C25H37ClF2/c1-2-3-5-18-8-10-19(11-9-18)6-4-7-20-12-14-21(15-13-20)22-16-23(27)25(26)24(28)17-22/h16-21H,2-15H2,1H3. The summed E-state index contributed by atoms with van der Waals surface area (Å²) in [5, 5.41) is -0.378. The molecule has 28 heavy (non-hydrogen) atoms. The van der Waals surface area contributed by atoms with Gasteiger partial charge in [-0.05, 0) is 67.1 Å². The van der Waals surface area contributed by atoms with Crippen LogP contribution < -0.4 is 0 Å². The molecule has 0 spiro atoms. The highest BCUT2D eigenvalue weighted by Crippen LogP contribution is 2.40. The molecular formula is C25H37ClF2. The average Bonchev–Trinajstić information content (AvgIpc) is 2.71. The van der Waals surface area contributed by atoms with E-state index in [4.69, 9.17) is 11.6 Å². The molecule has 2 aliphatic carbocycles. The summed E-state index contributed by atoms with van der Waals surface area (Å²) < 4.78 is 27.5. The number of benzene rings is 1. The van der Waals surface area contributed by atoms with Crippen molar-refractivity contribution in [2.24, 2.45) is 17.8 Å². The van der Waals surface area contributed by atoms with Crippen LogP contribution in [0.15, 0.2) is 12.1 Å². The smallest absolute Gasteiger partial charge is 0.145 e. The Morgan fingerprint density at radius 1 is 0.750 bits per heavy atom. The molecule has 2 aliphatic rings. The van der Waals surface area contributed by atoms with Crippen LogP contribution in [0.2, 0.25) is 5.02 Å². The van der Waals surface area contributed by atoms with Gasteiger partial charge in [-0.3, -0.25) is 0 Å². The Balaban J connectivity index is 1.33. The van der Waals surface area contributed by atoms with Crippen LogP contribution in [0.3, 0.4) is 0 Å². The predicted octanol–water partition coefficient (Wildman–Crippen LogP) is 9.06. The molecule has 3 heteroatoms. The third kappa shape index (κ3) is 6.18. The first-order valence-corrected chi connectivity index (χ1v) is 12.1. The summed E-state index contributed by atoms with van der Waals surface area (Å²) in [6, 6.07) is 2.88. The van der Waals surface area contributed by atoms with E-state index < -0.39 is 11.6 Å². The highest BCUT2D eigenvalue weighted by atomic mass is 35.5. The van der Waals surface area contributed by atoms with Crippen molar-refractivity contribution in [1.29, 1.82) is 0 Å². The SMILES string of the molecule is CCCCC1CCC(CCCC2CCC(c3cc(F)c(Cl)c(F)c3)CC2)CC1. The van der Waals surface area contributed by atoms with Gasteiger partial charge in [-0.2, -0.15) is 0 Å². The molecule has 3 rings (SSSR count). The number of rotatable bonds is 8. The molecular weight excluding hydrogens is 374 g/mol. The van der Waals surface area contributed by atoms with Crippen LogP contribution in [-0.2, 0) is 0 Å². The molecule has 0 heterocycles. The maximum Gasteiger partial charge on any atom is 0.145 e. The lowest BCUT2D eigenvalue weighted by atomic mass is 9.75. The van der Waals surface area contributed by atoms with Crippen molar-refractivity contribution in [1.82, 2.24) is 0 Å². The summed E-state index contributed by atoms with van der Waals surface area (Å²) >= 11 is 5.61. The summed E-state index contributed by atoms with van der Waals surface area (Å²) in [4.78, 5) is 0. The zero-order valence-electron chi connectivity index (χ0n) is 17.5. The van der Waals surface area contributed by atoms with Gasteiger partial charge in [0, 0.05) is 0 Å². The van der Waals surface area contributed by atoms with Crippen molar-refractivity contribution in [2.45, 2.75) is 103 Å². The van der Waals surface area contributed by atoms with Crippen LogP contribution in [0, 0.1) is 29.4 Å². The molecule has 158 valence electrons. The van der Waals surface area contributed by atoms with E-state index in [0.29, 0.717) is 0 Å². The van der Waals surface area contributed by atoms with Crippen molar-refractivity contribution in [2.75, 3.05) is 0 Å². The van der Waals surface area contributed by atoms with E-state index in [-0.39, 0.29) is 10.9 Å². The second-order valence-corrected chi connectivity index (χ2v) is 9.85. The normalized spacial score (nSPS) is 28.4. The molecule has 2 fully saturated rings. The van der Waals surface area contributed by atoms with Gasteiger partial charge in [-0.1, -0.05) is 82.7 Å². The number of halogens is 3. The fraction of sp³-hybridized carbons (Fsp3) is 0.760. The molecule has 0 aromatic heterocycles. The molecule has 0 atom stereocenters. The second-order valence-electron chi connectivity index (χ2n) is 9.48. The maximum atomic E-state index is 13.7. The maximum absolute atomic E-state index is 13.7. The molecule has 2 saturated carbocycles. The van der Waals surface area contributed by atoms with Gasteiger partial charge in [0.15, 0.2) is 0 Å². The van der Waals surface area contributed by atoms with E-state index in [2.05, 4.69) is 6.92 Å². The van der Waals surface area contributed by atoms with Gasteiger partial charge in [-0.25, -0.2) is 8.78 Å². The number of hydrogen-bond acceptors (Lipinski definition) is 0. The minimum absolute atomic E-state index is 0.288. The fourth-order valence-electron chi connectivity index (χ4n) is 5.59. The van der Waals surface area contributed by atoms with Crippen LogP contribution in [0.4, 0.5) is 8.78 Å². The van der Waals surface area contributed by atoms with E-state index in [0.717, 1.165) is 36.2 Å². The lowest BCUT2D eigenvalue weighted by molar-refractivity contribution is 0.235. The monoisotopic (exact) mass is 410 g/mol. The molecule has 0 bridgehead atoms. The molecule has 0 amide bonds. The van der Waals surface area contributed by atoms with Crippen LogP contribution in [-0.4, -0.2) is 0 Å². The van der Waals surface area contributed by atoms with Gasteiger partial charge in [0.2, 0.25) is 0 Å². The Hall–Kier alpha value is -0.630. The van der Waals surface area contributed by atoms with Gasteiger partial charge < -0.3 is 0 Å². The van der Waals surface area contributed by atoms with E-state index in [1.54, 1.807) is 0 Å².